The Balaban J connectivity index is 2.13. The number of aromatic nitrogens is 2. The van der Waals surface area contributed by atoms with E-state index in [1.165, 1.54) is 23.0 Å². The first kappa shape index (κ1) is 15.6. The van der Waals surface area contributed by atoms with E-state index in [0.717, 1.165) is 4.47 Å². The van der Waals surface area contributed by atoms with Gasteiger partial charge in [0.1, 0.15) is 11.6 Å². The molecule has 23 heavy (non-hydrogen) atoms. The van der Waals surface area contributed by atoms with Crippen LogP contribution in [0.5, 0.6) is 0 Å². The molecule has 1 aromatic heterocycles. The van der Waals surface area contributed by atoms with Crippen molar-refractivity contribution in [1.82, 2.24) is 9.66 Å². The predicted molar refractivity (Wildman–Crippen MR) is 92.5 cm³/mol. The molecule has 3 rings (SSSR count). The van der Waals surface area contributed by atoms with Crippen LogP contribution in [0.2, 0.25) is 0 Å². The molecule has 0 N–H and O–H groups in total. The van der Waals surface area contributed by atoms with E-state index in [1.54, 1.807) is 24.3 Å². The molecule has 0 amide bonds. The molecule has 1 heterocycles. The first-order valence-electron chi connectivity index (χ1n) is 7.09. The summed E-state index contributed by atoms with van der Waals surface area (Å²) >= 11 is 3.36. The molecule has 0 aliphatic rings. The Labute approximate surface area is 140 Å². The molecule has 2 aromatic carbocycles. The van der Waals surface area contributed by atoms with Crippen LogP contribution in [0.1, 0.15) is 18.3 Å². The van der Waals surface area contributed by atoms with Crippen molar-refractivity contribution >= 4 is 33.0 Å². The zero-order valence-electron chi connectivity index (χ0n) is 12.3. The highest BCUT2D eigenvalue weighted by Crippen LogP contribution is 2.16. The lowest BCUT2D eigenvalue weighted by molar-refractivity contribution is 0.628. The number of hydrogen-bond donors (Lipinski definition) is 0. The molecular weight excluding hydrogens is 361 g/mol. The number of hydrogen-bond acceptors (Lipinski definition) is 3. The largest absolute Gasteiger partial charge is 0.282 e. The first-order chi connectivity index (χ1) is 11.1. The molecule has 0 atom stereocenters. The van der Waals surface area contributed by atoms with Crippen LogP contribution in [-0.4, -0.2) is 15.9 Å². The number of halogens is 2. The molecule has 116 valence electrons. The van der Waals surface area contributed by atoms with Crippen LogP contribution in [0.4, 0.5) is 4.39 Å². The van der Waals surface area contributed by atoms with Gasteiger partial charge < -0.3 is 0 Å². The van der Waals surface area contributed by atoms with Crippen molar-refractivity contribution in [3.63, 3.8) is 0 Å². The van der Waals surface area contributed by atoms with Gasteiger partial charge in [-0.25, -0.2) is 9.37 Å². The van der Waals surface area contributed by atoms with Crippen molar-refractivity contribution in [3.05, 3.63) is 74.5 Å². The van der Waals surface area contributed by atoms with Gasteiger partial charge in [0.2, 0.25) is 0 Å². The van der Waals surface area contributed by atoms with E-state index in [2.05, 4.69) is 26.0 Å². The minimum Gasteiger partial charge on any atom is -0.267 e. The minimum atomic E-state index is -0.314. The molecule has 0 aliphatic heterocycles. The molecule has 0 aliphatic carbocycles. The molecule has 6 heteroatoms. The third-order valence-corrected chi connectivity index (χ3v) is 3.88. The van der Waals surface area contributed by atoms with E-state index in [0.29, 0.717) is 28.7 Å². The quantitative estimate of drug-likeness (QED) is 0.656. The lowest BCUT2D eigenvalue weighted by atomic mass is 10.2. The van der Waals surface area contributed by atoms with Crippen molar-refractivity contribution in [1.29, 1.82) is 0 Å². The maximum atomic E-state index is 12.9. The second-order valence-electron chi connectivity index (χ2n) is 4.96. The Kier molecular flexibility index (Phi) is 4.34. The standard InChI is InChI=1S/C17H13BrFN3O/c1-2-16-21-15-8-5-12(18)9-14(15)17(23)22(16)20-10-11-3-6-13(19)7-4-11/h3-10H,2H2,1H3. The SMILES string of the molecule is CCc1nc2ccc(Br)cc2c(=O)n1N=Cc1ccc(F)cc1. The van der Waals surface area contributed by atoms with Crippen LogP contribution in [0.15, 0.2) is 56.8 Å². The normalized spacial score (nSPS) is 11.4. The molecule has 3 aromatic rings. The van der Waals surface area contributed by atoms with Crippen LogP contribution in [-0.2, 0) is 6.42 Å². The molecule has 0 unspecified atom stereocenters. The van der Waals surface area contributed by atoms with Crippen molar-refractivity contribution in [2.24, 2.45) is 5.10 Å². The maximum absolute atomic E-state index is 12.9. The van der Waals surface area contributed by atoms with E-state index in [-0.39, 0.29) is 11.4 Å². The second kappa shape index (κ2) is 6.42. The zero-order valence-corrected chi connectivity index (χ0v) is 13.9. The fourth-order valence-corrected chi connectivity index (χ4v) is 2.58. The summed E-state index contributed by atoms with van der Waals surface area (Å²) < 4.78 is 15.0. The van der Waals surface area contributed by atoms with E-state index >= 15 is 0 Å². The van der Waals surface area contributed by atoms with E-state index < -0.39 is 0 Å². The lowest BCUT2D eigenvalue weighted by Crippen LogP contribution is -2.22. The lowest BCUT2D eigenvalue weighted by Gasteiger charge is -2.07. The van der Waals surface area contributed by atoms with Crippen LogP contribution in [0.25, 0.3) is 10.9 Å². The van der Waals surface area contributed by atoms with Crippen molar-refractivity contribution in [2.45, 2.75) is 13.3 Å². The molecule has 0 fully saturated rings. The monoisotopic (exact) mass is 373 g/mol. The molecular formula is C17H13BrFN3O. The number of aryl methyl sites for hydroxylation is 1. The molecule has 0 spiro atoms. The fraction of sp³-hybridized carbons (Fsp3) is 0.118. The average molecular weight is 374 g/mol. The zero-order chi connectivity index (χ0) is 16.4. The Morgan fingerprint density at radius 1 is 1.26 bits per heavy atom. The highest BCUT2D eigenvalue weighted by atomic mass is 79.9. The van der Waals surface area contributed by atoms with Crippen LogP contribution in [0.3, 0.4) is 0 Å². The molecule has 0 saturated carbocycles. The third-order valence-electron chi connectivity index (χ3n) is 3.38. The Bertz CT molecular complexity index is 948. The van der Waals surface area contributed by atoms with Crippen molar-refractivity contribution in [2.75, 3.05) is 0 Å². The first-order valence-corrected chi connectivity index (χ1v) is 7.89. The molecule has 0 radical (unpaired) electrons. The van der Waals surface area contributed by atoms with Crippen LogP contribution >= 0.6 is 15.9 Å². The van der Waals surface area contributed by atoms with Gasteiger partial charge in [-0.05, 0) is 35.9 Å². The summed E-state index contributed by atoms with van der Waals surface area (Å²) in [6, 6.07) is 11.3. The van der Waals surface area contributed by atoms with Crippen LogP contribution in [0, 0.1) is 5.82 Å². The van der Waals surface area contributed by atoms with Gasteiger partial charge in [0, 0.05) is 10.9 Å². The fourth-order valence-electron chi connectivity index (χ4n) is 2.22. The maximum Gasteiger partial charge on any atom is 0.282 e. The summed E-state index contributed by atoms with van der Waals surface area (Å²) in [5, 5.41) is 4.73. The topological polar surface area (TPSA) is 47.2 Å². The van der Waals surface area contributed by atoms with Gasteiger partial charge in [0.25, 0.3) is 5.56 Å². The van der Waals surface area contributed by atoms with Gasteiger partial charge in [0.15, 0.2) is 0 Å². The summed E-state index contributed by atoms with van der Waals surface area (Å²) in [7, 11) is 0. The third kappa shape index (κ3) is 3.22. The van der Waals surface area contributed by atoms with Crippen molar-refractivity contribution < 1.29 is 4.39 Å². The number of rotatable bonds is 3. The van der Waals surface area contributed by atoms with E-state index in [9.17, 15) is 9.18 Å². The van der Waals surface area contributed by atoms with Gasteiger partial charge in [-0.1, -0.05) is 35.0 Å². The Morgan fingerprint density at radius 2 is 2.00 bits per heavy atom. The van der Waals surface area contributed by atoms with E-state index in [4.69, 9.17) is 0 Å². The van der Waals surface area contributed by atoms with Crippen molar-refractivity contribution in [3.8, 4) is 0 Å². The Hall–Kier alpha value is -2.34. The average Bonchev–Trinajstić information content (AvgIpc) is 2.56. The number of fused-ring (bicyclic) bond motifs is 1. The Morgan fingerprint density at radius 3 is 2.70 bits per heavy atom. The van der Waals surface area contributed by atoms with E-state index in [1.807, 2.05) is 13.0 Å². The van der Waals surface area contributed by atoms with Gasteiger partial charge in [-0.2, -0.15) is 9.78 Å². The summed E-state index contributed by atoms with van der Waals surface area (Å²) in [6.45, 7) is 1.91. The summed E-state index contributed by atoms with van der Waals surface area (Å²) in [6.07, 6.45) is 2.09. The number of benzene rings is 2. The molecule has 0 saturated heterocycles. The van der Waals surface area contributed by atoms with Gasteiger partial charge in [-0.15, -0.1) is 0 Å². The predicted octanol–water partition coefficient (Wildman–Crippen LogP) is 3.74. The minimum absolute atomic E-state index is 0.230. The molecule has 0 bridgehead atoms. The summed E-state index contributed by atoms with van der Waals surface area (Å²) in [4.78, 5) is 17.2. The van der Waals surface area contributed by atoms with Gasteiger partial charge >= 0.3 is 0 Å². The van der Waals surface area contributed by atoms with Gasteiger partial charge in [-0.3, -0.25) is 4.79 Å². The smallest absolute Gasteiger partial charge is 0.267 e. The summed E-state index contributed by atoms with van der Waals surface area (Å²) in [5.74, 6) is 0.258. The number of nitrogens with zero attached hydrogens (tertiary/aromatic N) is 3. The highest BCUT2D eigenvalue weighted by molar-refractivity contribution is 9.10. The highest BCUT2D eigenvalue weighted by Gasteiger charge is 2.09. The van der Waals surface area contributed by atoms with Crippen LogP contribution < -0.4 is 5.56 Å². The second-order valence-corrected chi connectivity index (χ2v) is 5.87. The molecule has 4 nitrogen and oxygen atoms in total. The summed E-state index contributed by atoms with van der Waals surface area (Å²) in [5.41, 5.74) is 1.12. The van der Waals surface area contributed by atoms with Gasteiger partial charge in [0.05, 0.1) is 17.1 Å².